The second kappa shape index (κ2) is 9.16. The molecule has 2 fully saturated rings. The summed E-state index contributed by atoms with van der Waals surface area (Å²) in [5.41, 5.74) is -0.727. The molecule has 0 aromatic heterocycles. The van der Waals surface area contributed by atoms with Gasteiger partial charge in [-0.25, -0.2) is 0 Å². The molecule has 0 bridgehead atoms. The Labute approximate surface area is 176 Å². The molecule has 0 saturated heterocycles. The Morgan fingerprint density at radius 1 is 1.00 bits per heavy atom. The molecular formula is C18H25F5O7S. The van der Waals surface area contributed by atoms with Crippen LogP contribution in [0.3, 0.4) is 0 Å². The SMILES string of the molecule is CCC1(OC(=O)C2CCCCC2C(=O)OC(C(F)(F)F)C(F)(F)S(=O)(=O)O)CCCC1. The van der Waals surface area contributed by atoms with E-state index in [0.29, 0.717) is 32.1 Å². The fourth-order valence-corrected chi connectivity index (χ4v) is 4.65. The van der Waals surface area contributed by atoms with Gasteiger partial charge in [0.05, 0.1) is 11.8 Å². The minimum absolute atomic E-state index is 0.0871. The maximum atomic E-state index is 13.7. The highest BCUT2D eigenvalue weighted by atomic mass is 32.2. The van der Waals surface area contributed by atoms with Crippen molar-refractivity contribution in [3.8, 4) is 0 Å². The second-order valence-electron chi connectivity index (χ2n) is 8.06. The van der Waals surface area contributed by atoms with Crippen LogP contribution in [0.25, 0.3) is 0 Å². The zero-order valence-corrected chi connectivity index (χ0v) is 17.6. The lowest BCUT2D eigenvalue weighted by atomic mass is 9.79. The van der Waals surface area contributed by atoms with Gasteiger partial charge >= 0.3 is 33.5 Å². The van der Waals surface area contributed by atoms with E-state index in [2.05, 4.69) is 4.74 Å². The first-order valence-electron chi connectivity index (χ1n) is 9.99. The monoisotopic (exact) mass is 480 g/mol. The minimum atomic E-state index is -6.54. The summed E-state index contributed by atoms with van der Waals surface area (Å²) in [5, 5.41) is -5.82. The van der Waals surface area contributed by atoms with Crippen LogP contribution in [0.2, 0.25) is 0 Å². The van der Waals surface area contributed by atoms with Crippen molar-refractivity contribution in [3.05, 3.63) is 0 Å². The average molecular weight is 480 g/mol. The van der Waals surface area contributed by atoms with Gasteiger partial charge in [0.25, 0.3) is 6.10 Å². The van der Waals surface area contributed by atoms with E-state index in [4.69, 9.17) is 9.29 Å². The van der Waals surface area contributed by atoms with E-state index in [-0.39, 0.29) is 12.8 Å². The highest BCUT2D eigenvalue weighted by Crippen LogP contribution is 2.42. The van der Waals surface area contributed by atoms with Gasteiger partial charge in [0.1, 0.15) is 5.60 Å². The van der Waals surface area contributed by atoms with Crippen molar-refractivity contribution < 1.29 is 54.0 Å². The maximum absolute atomic E-state index is 13.7. The van der Waals surface area contributed by atoms with Gasteiger partial charge in [-0.1, -0.05) is 19.8 Å². The molecule has 3 atom stereocenters. The van der Waals surface area contributed by atoms with Crippen molar-refractivity contribution in [1.29, 1.82) is 0 Å². The number of carbonyl (C=O) groups excluding carboxylic acids is 2. The van der Waals surface area contributed by atoms with E-state index >= 15 is 0 Å². The molecule has 2 rings (SSSR count). The molecule has 3 unspecified atom stereocenters. The molecule has 0 radical (unpaired) electrons. The van der Waals surface area contributed by atoms with Gasteiger partial charge in [0.15, 0.2) is 0 Å². The van der Waals surface area contributed by atoms with Crippen LogP contribution in [0.1, 0.15) is 64.7 Å². The van der Waals surface area contributed by atoms with Crippen molar-refractivity contribution in [1.82, 2.24) is 0 Å². The molecule has 0 aliphatic heterocycles. The summed E-state index contributed by atoms with van der Waals surface area (Å²) in [6.45, 7) is 1.82. The Bertz CT molecular complexity index is 775. The summed E-state index contributed by atoms with van der Waals surface area (Å²) in [4.78, 5) is 25.1. The number of carbonyl (C=O) groups is 2. The predicted molar refractivity (Wildman–Crippen MR) is 95.5 cm³/mol. The van der Waals surface area contributed by atoms with E-state index in [0.717, 1.165) is 12.8 Å². The summed E-state index contributed by atoms with van der Waals surface area (Å²) in [6, 6.07) is 0. The van der Waals surface area contributed by atoms with E-state index in [9.17, 15) is 40.0 Å². The Morgan fingerprint density at radius 3 is 1.90 bits per heavy atom. The third-order valence-electron chi connectivity index (χ3n) is 6.03. The van der Waals surface area contributed by atoms with Crippen molar-refractivity contribution in [2.75, 3.05) is 0 Å². The molecule has 0 amide bonds. The lowest BCUT2D eigenvalue weighted by Gasteiger charge is -2.35. The van der Waals surface area contributed by atoms with Crippen LogP contribution in [0.15, 0.2) is 0 Å². The standard InChI is InChI=1S/C18H25F5O7S/c1-2-16(9-5-6-10-16)30-14(25)12-8-4-3-7-11(12)13(24)29-15(17(19,20)21)18(22,23)31(26,27)28/h11-12,15H,2-10H2,1H3,(H,26,27,28). The molecule has 7 nitrogen and oxygen atoms in total. The van der Waals surface area contributed by atoms with Crippen LogP contribution >= 0.6 is 0 Å². The van der Waals surface area contributed by atoms with Gasteiger partial charge in [-0.05, 0) is 44.9 Å². The highest BCUT2D eigenvalue weighted by Gasteiger charge is 2.66. The van der Waals surface area contributed by atoms with Gasteiger partial charge in [-0.3, -0.25) is 14.1 Å². The van der Waals surface area contributed by atoms with Crippen LogP contribution in [0.4, 0.5) is 22.0 Å². The van der Waals surface area contributed by atoms with Crippen molar-refractivity contribution in [3.63, 3.8) is 0 Å². The van der Waals surface area contributed by atoms with E-state index in [1.807, 2.05) is 6.92 Å². The van der Waals surface area contributed by atoms with Gasteiger partial charge in [0, 0.05) is 0 Å². The first-order valence-corrected chi connectivity index (χ1v) is 11.4. The van der Waals surface area contributed by atoms with Crippen molar-refractivity contribution in [2.45, 2.75) is 87.8 Å². The summed E-state index contributed by atoms with van der Waals surface area (Å²) in [6.07, 6.45) is -6.26. The summed E-state index contributed by atoms with van der Waals surface area (Å²) >= 11 is 0. The van der Waals surface area contributed by atoms with Gasteiger partial charge < -0.3 is 9.47 Å². The highest BCUT2D eigenvalue weighted by molar-refractivity contribution is 7.86. The van der Waals surface area contributed by atoms with Gasteiger partial charge in [-0.2, -0.15) is 30.4 Å². The summed E-state index contributed by atoms with van der Waals surface area (Å²) < 4.78 is 106. The first-order chi connectivity index (χ1) is 14.1. The largest absolute Gasteiger partial charge is 0.459 e. The van der Waals surface area contributed by atoms with E-state index in [1.165, 1.54) is 0 Å². The average Bonchev–Trinajstić information content (AvgIpc) is 3.12. The van der Waals surface area contributed by atoms with E-state index < -0.39 is 57.0 Å². The molecule has 2 aliphatic carbocycles. The molecule has 0 aromatic carbocycles. The Kier molecular flexibility index (Phi) is 7.61. The van der Waals surface area contributed by atoms with Crippen molar-refractivity contribution in [2.24, 2.45) is 11.8 Å². The van der Waals surface area contributed by atoms with Crippen LogP contribution in [-0.4, -0.2) is 48.0 Å². The molecule has 0 heterocycles. The number of esters is 2. The fourth-order valence-electron chi connectivity index (χ4n) is 4.20. The molecule has 13 heteroatoms. The molecule has 31 heavy (non-hydrogen) atoms. The molecule has 180 valence electrons. The number of hydrogen-bond acceptors (Lipinski definition) is 6. The lowest BCUT2D eigenvalue weighted by molar-refractivity contribution is -0.261. The van der Waals surface area contributed by atoms with Crippen LogP contribution in [0.5, 0.6) is 0 Å². The first kappa shape index (κ1) is 25.8. The molecule has 1 N–H and O–H groups in total. The molecule has 2 aliphatic rings. The number of ether oxygens (including phenoxy) is 2. The normalized spacial score (nSPS) is 25.6. The second-order valence-corrected chi connectivity index (χ2v) is 9.55. The summed E-state index contributed by atoms with van der Waals surface area (Å²) in [5.74, 6) is -5.29. The fraction of sp³-hybridized carbons (Fsp3) is 0.889. The van der Waals surface area contributed by atoms with E-state index in [1.54, 1.807) is 0 Å². The third kappa shape index (κ3) is 5.65. The zero-order chi connectivity index (χ0) is 23.7. The lowest BCUT2D eigenvalue weighted by Crippen LogP contribution is -2.53. The number of alkyl halides is 5. The minimum Gasteiger partial charge on any atom is -0.459 e. The zero-order valence-electron chi connectivity index (χ0n) is 16.8. The maximum Gasteiger partial charge on any atom is 0.432 e. The Hall–Kier alpha value is -1.50. The molecule has 2 saturated carbocycles. The van der Waals surface area contributed by atoms with Crippen LogP contribution < -0.4 is 0 Å². The number of halogens is 5. The molecule has 0 aromatic rings. The molecule has 0 spiro atoms. The van der Waals surface area contributed by atoms with Gasteiger partial charge in [-0.15, -0.1) is 0 Å². The predicted octanol–water partition coefficient (Wildman–Crippen LogP) is 4.01. The quantitative estimate of drug-likeness (QED) is 0.333. The number of hydrogen-bond donors (Lipinski definition) is 1. The van der Waals surface area contributed by atoms with Gasteiger partial charge in [0.2, 0.25) is 0 Å². The van der Waals surface area contributed by atoms with Crippen LogP contribution in [-0.2, 0) is 29.2 Å². The molecular weight excluding hydrogens is 455 g/mol. The smallest absolute Gasteiger partial charge is 0.432 e. The number of rotatable bonds is 7. The Balaban J connectivity index is 2.23. The summed E-state index contributed by atoms with van der Waals surface area (Å²) in [7, 11) is -6.54. The Morgan fingerprint density at radius 2 is 1.48 bits per heavy atom. The topological polar surface area (TPSA) is 107 Å². The third-order valence-corrected chi connectivity index (χ3v) is 6.93. The van der Waals surface area contributed by atoms with Crippen molar-refractivity contribution >= 4 is 22.1 Å². The van der Waals surface area contributed by atoms with Crippen LogP contribution in [0, 0.1) is 11.8 Å².